The lowest BCUT2D eigenvalue weighted by Crippen LogP contribution is -2.23. The largest absolute Gasteiger partial charge is 0.379 e. The van der Waals surface area contributed by atoms with Crippen LogP contribution in [0.3, 0.4) is 0 Å². The van der Waals surface area contributed by atoms with Crippen molar-refractivity contribution in [3.8, 4) is 6.07 Å². The second-order valence-electron chi connectivity index (χ2n) is 4.79. The van der Waals surface area contributed by atoms with Gasteiger partial charge in [-0.25, -0.2) is 0 Å². The molecule has 18 heavy (non-hydrogen) atoms. The smallest absolute Gasteiger partial charge is 0.184 e. The lowest BCUT2D eigenvalue weighted by molar-refractivity contribution is 0.183. The first-order valence-corrected chi connectivity index (χ1v) is 6.16. The molecule has 94 valence electrons. The monoisotopic (exact) mass is 262 g/mol. The molecule has 0 unspecified atom stereocenters. The Balaban J connectivity index is 2.48. The molecule has 1 saturated heterocycles. The second-order valence-corrected chi connectivity index (χ2v) is 4.97. The second kappa shape index (κ2) is 4.99. The molecule has 1 fully saturated rings. The summed E-state index contributed by atoms with van der Waals surface area (Å²) in [6, 6.07) is 4.25. The lowest BCUT2D eigenvalue weighted by atomic mass is 9.91. The van der Waals surface area contributed by atoms with Crippen molar-refractivity contribution in [1.29, 1.82) is 5.26 Å². The van der Waals surface area contributed by atoms with Crippen molar-refractivity contribution in [3.05, 3.63) is 11.8 Å². The van der Waals surface area contributed by atoms with Gasteiger partial charge in [-0.3, -0.25) is 4.68 Å². The standard InChI is InChI=1S/C12H14N4OS/c1-12(2,7-13)10-5-11(14-8-18)15-16(10)9-3-4-17-6-9/h5,9H,3-4,6H2,1-2H3/t9-/m1/s1. The summed E-state index contributed by atoms with van der Waals surface area (Å²) in [5.41, 5.74) is 0.217. The number of aromatic nitrogens is 2. The molecule has 2 rings (SSSR count). The zero-order valence-electron chi connectivity index (χ0n) is 10.4. The number of nitrogens with zero attached hydrogens (tertiary/aromatic N) is 4. The van der Waals surface area contributed by atoms with Crippen LogP contribution in [0.1, 0.15) is 32.0 Å². The maximum atomic E-state index is 9.26. The first-order chi connectivity index (χ1) is 8.58. The number of nitriles is 1. The van der Waals surface area contributed by atoms with Gasteiger partial charge in [0.05, 0.1) is 35.0 Å². The van der Waals surface area contributed by atoms with Crippen LogP contribution in [0.2, 0.25) is 0 Å². The molecular weight excluding hydrogens is 248 g/mol. The maximum Gasteiger partial charge on any atom is 0.184 e. The number of rotatable bonds is 3. The molecule has 1 aliphatic rings. The molecule has 1 aliphatic heterocycles. The minimum absolute atomic E-state index is 0.168. The summed E-state index contributed by atoms with van der Waals surface area (Å²) < 4.78 is 7.22. The molecule has 1 aromatic rings. The topological polar surface area (TPSA) is 63.2 Å². The molecule has 0 spiro atoms. The van der Waals surface area contributed by atoms with Crippen LogP contribution in [0, 0.1) is 11.3 Å². The lowest BCUT2D eigenvalue weighted by Gasteiger charge is -2.20. The van der Waals surface area contributed by atoms with Crippen molar-refractivity contribution in [2.45, 2.75) is 31.7 Å². The van der Waals surface area contributed by atoms with E-state index in [1.807, 2.05) is 18.5 Å². The van der Waals surface area contributed by atoms with E-state index in [0.717, 1.165) is 18.7 Å². The summed E-state index contributed by atoms with van der Waals surface area (Å²) in [5, 5.41) is 16.0. The SMILES string of the molecule is CC(C)(C#N)c1cc(N=C=S)nn1[C@@H]1CCOC1. The van der Waals surface area contributed by atoms with Crippen LogP contribution in [0.5, 0.6) is 0 Å². The van der Waals surface area contributed by atoms with Crippen molar-refractivity contribution >= 4 is 23.2 Å². The van der Waals surface area contributed by atoms with Crippen molar-refractivity contribution in [2.75, 3.05) is 13.2 Å². The van der Waals surface area contributed by atoms with Crippen LogP contribution in [-0.4, -0.2) is 28.2 Å². The number of hydrogen-bond acceptors (Lipinski definition) is 5. The van der Waals surface area contributed by atoms with E-state index >= 15 is 0 Å². The van der Waals surface area contributed by atoms with Crippen LogP contribution < -0.4 is 0 Å². The van der Waals surface area contributed by atoms with E-state index in [4.69, 9.17) is 4.74 Å². The molecule has 5 nitrogen and oxygen atoms in total. The Hall–Kier alpha value is -1.54. The zero-order chi connectivity index (χ0) is 13.2. The van der Waals surface area contributed by atoms with E-state index in [2.05, 4.69) is 33.5 Å². The molecule has 0 radical (unpaired) electrons. The molecule has 0 bridgehead atoms. The summed E-state index contributed by atoms with van der Waals surface area (Å²) in [7, 11) is 0. The molecule has 1 aromatic heterocycles. The molecular formula is C12H14N4OS. The van der Waals surface area contributed by atoms with Crippen molar-refractivity contribution in [1.82, 2.24) is 9.78 Å². The van der Waals surface area contributed by atoms with E-state index < -0.39 is 5.41 Å². The van der Waals surface area contributed by atoms with E-state index in [1.165, 1.54) is 0 Å². The summed E-state index contributed by atoms with van der Waals surface area (Å²) in [6.45, 7) is 5.07. The van der Waals surface area contributed by atoms with Gasteiger partial charge in [0.25, 0.3) is 0 Å². The predicted molar refractivity (Wildman–Crippen MR) is 70.0 cm³/mol. The Morgan fingerprint density at radius 3 is 3.00 bits per heavy atom. The van der Waals surface area contributed by atoms with Gasteiger partial charge in [-0.15, -0.1) is 0 Å². The van der Waals surface area contributed by atoms with Gasteiger partial charge in [-0.1, -0.05) is 0 Å². The predicted octanol–water partition coefficient (Wildman–Crippen LogP) is 2.38. The third kappa shape index (κ3) is 2.34. The highest BCUT2D eigenvalue weighted by Gasteiger charge is 2.30. The summed E-state index contributed by atoms with van der Waals surface area (Å²) >= 11 is 4.59. The van der Waals surface area contributed by atoms with Gasteiger partial charge in [0.2, 0.25) is 0 Å². The van der Waals surface area contributed by atoms with Crippen LogP contribution in [0.15, 0.2) is 11.1 Å². The number of thiocarbonyl (C=S) groups is 1. The minimum Gasteiger partial charge on any atom is -0.379 e. The number of aliphatic imine (C=N–C) groups is 1. The average Bonchev–Trinajstić information content (AvgIpc) is 2.97. The molecule has 0 amide bonds. The van der Waals surface area contributed by atoms with Crippen molar-refractivity contribution in [2.24, 2.45) is 4.99 Å². The van der Waals surface area contributed by atoms with Crippen LogP contribution in [0.25, 0.3) is 0 Å². The first-order valence-electron chi connectivity index (χ1n) is 5.75. The third-order valence-corrected chi connectivity index (χ3v) is 3.15. The number of ether oxygens (including phenoxy) is 1. The Bertz CT molecular complexity index is 531. The average molecular weight is 262 g/mol. The summed E-state index contributed by atoms with van der Waals surface area (Å²) in [4.78, 5) is 3.89. The molecule has 6 heteroatoms. The fourth-order valence-electron chi connectivity index (χ4n) is 2.00. The van der Waals surface area contributed by atoms with Gasteiger partial charge in [0, 0.05) is 12.7 Å². The van der Waals surface area contributed by atoms with E-state index in [1.54, 1.807) is 6.07 Å². The highest BCUT2D eigenvalue weighted by atomic mass is 32.1. The number of hydrogen-bond donors (Lipinski definition) is 0. The normalized spacial score (nSPS) is 19.3. The molecule has 0 N–H and O–H groups in total. The van der Waals surface area contributed by atoms with E-state index in [-0.39, 0.29) is 6.04 Å². The molecule has 2 heterocycles. The minimum atomic E-state index is -0.620. The van der Waals surface area contributed by atoms with Gasteiger partial charge in [-0.05, 0) is 32.5 Å². The van der Waals surface area contributed by atoms with Gasteiger partial charge < -0.3 is 4.74 Å². The van der Waals surface area contributed by atoms with Gasteiger partial charge in [-0.2, -0.15) is 15.4 Å². The van der Waals surface area contributed by atoms with E-state index in [9.17, 15) is 5.26 Å². The van der Waals surface area contributed by atoms with Gasteiger partial charge in [0.15, 0.2) is 5.82 Å². The molecule has 0 aliphatic carbocycles. The van der Waals surface area contributed by atoms with E-state index in [0.29, 0.717) is 12.4 Å². The summed E-state index contributed by atoms with van der Waals surface area (Å²) in [5.74, 6) is 0.496. The van der Waals surface area contributed by atoms with Crippen molar-refractivity contribution < 1.29 is 4.74 Å². The summed E-state index contributed by atoms with van der Waals surface area (Å²) in [6.07, 6.45) is 0.900. The third-order valence-electron chi connectivity index (χ3n) is 3.05. The van der Waals surface area contributed by atoms with Crippen LogP contribution in [0.4, 0.5) is 5.82 Å². The Kier molecular flexibility index (Phi) is 3.58. The zero-order valence-corrected chi connectivity index (χ0v) is 11.2. The first kappa shape index (κ1) is 12.9. The Labute approximate surface area is 111 Å². The molecule has 0 saturated carbocycles. The fourth-order valence-corrected chi connectivity index (χ4v) is 2.09. The molecule has 1 atom stereocenters. The Morgan fingerprint density at radius 2 is 2.44 bits per heavy atom. The quantitative estimate of drug-likeness (QED) is 0.619. The number of isothiocyanates is 1. The van der Waals surface area contributed by atoms with Gasteiger partial charge in [0.1, 0.15) is 0 Å². The fraction of sp³-hybridized carbons (Fsp3) is 0.583. The van der Waals surface area contributed by atoms with Crippen molar-refractivity contribution in [3.63, 3.8) is 0 Å². The maximum absolute atomic E-state index is 9.26. The van der Waals surface area contributed by atoms with Crippen LogP contribution >= 0.6 is 12.2 Å². The van der Waals surface area contributed by atoms with Gasteiger partial charge >= 0.3 is 0 Å². The highest BCUT2D eigenvalue weighted by molar-refractivity contribution is 7.78. The molecule has 0 aromatic carbocycles. The van der Waals surface area contributed by atoms with Crippen LogP contribution in [-0.2, 0) is 10.2 Å². The Morgan fingerprint density at radius 1 is 1.67 bits per heavy atom. The highest BCUT2D eigenvalue weighted by Crippen LogP contribution is 2.31.